The van der Waals surface area contributed by atoms with Gasteiger partial charge < -0.3 is 9.84 Å². The molecule has 5 heteroatoms. The van der Waals surface area contributed by atoms with E-state index in [-0.39, 0.29) is 5.92 Å². The molecule has 1 aromatic carbocycles. The second kappa shape index (κ2) is 6.30. The fraction of sp³-hybridized carbons (Fsp3) is 0.429. The van der Waals surface area contributed by atoms with Crippen molar-refractivity contribution in [3.8, 4) is 11.4 Å². The lowest BCUT2D eigenvalue weighted by Gasteiger charge is -2.18. The van der Waals surface area contributed by atoms with Gasteiger partial charge in [0.2, 0.25) is 11.7 Å². The van der Waals surface area contributed by atoms with Crippen molar-refractivity contribution in [1.82, 2.24) is 15.5 Å². The van der Waals surface area contributed by atoms with Crippen LogP contribution in [0, 0.1) is 0 Å². The van der Waals surface area contributed by atoms with Crippen molar-refractivity contribution >= 4 is 15.9 Å². The molecule has 0 saturated carbocycles. The van der Waals surface area contributed by atoms with Gasteiger partial charge in [-0.15, -0.1) is 0 Å². The van der Waals surface area contributed by atoms with E-state index in [0.717, 1.165) is 16.5 Å². The number of rotatable bonds is 5. The van der Waals surface area contributed by atoms with Crippen LogP contribution in [-0.4, -0.2) is 23.2 Å². The molecule has 4 nitrogen and oxygen atoms in total. The number of nitrogens with one attached hydrogen (secondary N) is 1. The van der Waals surface area contributed by atoms with Crippen molar-refractivity contribution in [3.63, 3.8) is 0 Å². The smallest absolute Gasteiger partial charge is 0.231 e. The zero-order valence-electron chi connectivity index (χ0n) is 11.4. The molecule has 0 saturated heterocycles. The lowest BCUT2D eigenvalue weighted by molar-refractivity contribution is 0.326. The Balaban J connectivity index is 2.27. The quantitative estimate of drug-likeness (QED) is 0.913. The van der Waals surface area contributed by atoms with E-state index >= 15 is 0 Å². The van der Waals surface area contributed by atoms with Crippen LogP contribution in [0.5, 0.6) is 0 Å². The molecule has 2 rings (SSSR count). The summed E-state index contributed by atoms with van der Waals surface area (Å²) in [6.07, 6.45) is 1.02. The standard InChI is InChI=1S/C14H18BrN3O/c1-4-12(16-3)9(2)14-17-13(18-19-14)10-7-5-6-8-11(10)15/h5-9,12,16H,4H2,1-3H3. The van der Waals surface area contributed by atoms with Crippen LogP contribution in [0.2, 0.25) is 0 Å². The van der Waals surface area contributed by atoms with Crippen molar-refractivity contribution < 1.29 is 4.52 Å². The molecule has 19 heavy (non-hydrogen) atoms. The van der Waals surface area contributed by atoms with E-state index in [1.165, 1.54) is 0 Å². The Bertz CT molecular complexity index is 537. The number of nitrogens with zero attached hydrogens (tertiary/aromatic N) is 2. The van der Waals surface area contributed by atoms with Gasteiger partial charge in [0.05, 0.1) is 5.92 Å². The van der Waals surface area contributed by atoms with Gasteiger partial charge in [-0.25, -0.2) is 0 Å². The van der Waals surface area contributed by atoms with Crippen LogP contribution in [0.3, 0.4) is 0 Å². The lowest BCUT2D eigenvalue weighted by atomic mass is 10.00. The Morgan fingerprint density at radius 1 is 1.37 bits per heavy atom. The predicted octanol–water partition coefficient (Wildman–Crippen LogP) is 3.60. The highest BCUT2D eigenvalue weighted by Gasteiger charge is 2.22. The van der Waals surface area contributed by atoms with Gasteiger partial charge in [0.25, 0.3) is 0 Å². The summed E-state index contributed by atoms with van der Waals surface area (Å²) in [4.78, 5) is 4.51. The third-order valence-corrected chi connectivity index (χ3v) is 4.05. The molecule has 102 valence electrons. The van der Waals surface area contributed by atoms with Crippen LogP contribution in [0.1, 0.15) is 32.1 Å². The van der Waals surface area contributed by atoms with Gasteiger partial charge in [0.15, 0.2) is 0 Å². The van der Waals surface area contributed by atoms with Crippen LogP contribution in [0.4, 0.5) is 0 Å². The Morgan fingerprint density at radius 3 is 2.74 bits per heavy atom. The molecular weight excluding hydrogens is 306 g/mol. The van der Waals surface area contributed by atoms with Crippen molar-refractivity contribution in [2.45, 2.75) is 32.2 Å². The molecule has 0 aliphatic rings. The molecule has 0 spiro atoms. The number of hydrogen-bond donors (Lipinski definition) is 1. The molecular formula is C14H18BrN3O. The summed E-state index contributed by atoms with van der Waals surface area (Å²) in [5.74, 6) is 1.49. The monoisotopic (exact) mass is 323 g/mol. The Kier molecular flexibility index (Phi) is 4.71. The first-order valence-corrected chi connectivity index (χ1v) is 7.22. The molecule has 2 atom stereocenters. The summed E-state index contributed by atoms with van der Waals surface area (Å²) >= 11 is 3.50. The first-order valence-electron chi connectivity index (χ1n) is 6.43. The molecule has 0 radical (unpaired) electrons. The number of benzene rings is 1. The van der Waals surface area contributed by atoms with Gasteiger partial charge >= 0.3 is 0 Å². The summed E-state index contributed by atoms with van der Waals surface area (Å²) in [5, 5.41) is 7.35. The number of likely N-dealkylation sites (N-methyl/N-ethyl adjacent to an activating group) is 1. The van der Waals surface area contributed by atoms with Gasteiger partial charge in [0.1, 0.15) is 0 Å². The maximum atomic E-state index is 5.40. The average molecular weight is 324 g/mol. The molecule has 1 heterocycles. The first kappa shape index (κ1) is 14.2. The molecule has 0 bridgehead atoms. The summed E-state index contributed by atoms with van der Waals surface area (Å²) in [5.41, 5.74) is 0.946. The minimum absolute atomic E-state index is 0.193. The maximum absolute atomic E-state index is 5.40. The first-order chi connectivity index (χ1) is 9.17. The molecule has 2 aromatic rings. The highest BCUT2D eigenvalue weighted by molar-refractivity contribution is 9.10. The van der Waals surface area contributed by atoms with Gasteiger partial charge in [-0.2, -0.15) is 4.98 Å². The molecule has 0 aliphatic carbocycles. The van der Waals surface area contributed by atoms with E-state index in [1.807, 2.05) is 31.3 Å². The summed E-state index contributed by atoms with van der Waals surface area (Å²) in [7, 11) is 1.95. The largest absolute Gasteiger partial charge is 0.339 e. The van der Waals surface area contributed by atoms with Crippen molar-refractivity contribution in [3.05, 3.63) is 34.6 Å². The second-order valence-electron chi connectivity index (χ2n) is 4.53. The third kappa shape index (κ3) is 3.04. The van der Waals surface area contributed by atoms with Gasteiger partial charge in [-0.1, -0.05) is 47.1 Å². The Labute approximate surface area is 121 Å². The van der Waals surface area contributed by atoms with E-state index in [0.29, 0.717) is 17.8 Å². The molecule has 2 unspecified atom stereocenters. The maximum Gasteiger partial charge on any atom is 0.231 e. The van der Waals surface area contributed by atoms with Crippen LogP contribution < -0.4 is 5.32 Å². The molecule has 0 fully saturated rings. The lowest BCUT2D eigenvalue weighted by Crippen LogP contribution is -2.30. The molecule has 1 aromatic heterocycles. The van der Waals surface area contributed by atoms with Crippen molar-refractivity contribution in [2.24, 2.45) is 0 Å². The Morgan fingerprint density at radius 2 is 2.11 bits per heavy atom. The van der Waals surface area contributed by atoms with Crippen molar-refractivity contribution in [1.29, 1.82) is 0 Å². The van der Waals surface area contributed by atoms with Crippen LogP contribution in [-0.2, 0) is 0 Å². The SMILES string of the molecule is CCC(NC)C(C)c1nc(-c2ccccc2Br)no1. The van der Waals surface area contributed by atoms with Gasteiger partial charge in [-0.05, 0) is 25.6 Å². The van der Waals surface area contributed by atoms with Crippen LogP contribution in [0.15, 0.2) is 33.3 Å². The number of hydrogen-bond acceptors (Lipinski definition) is 4. The number of halogens is 1. The minimum Gasteiger partial charge on any atom is -0.339 e. The third-order valence-electron chi connectivity index (χ3n) is 3.36. The number of aromatic nitrogens is 2. The molecule has 0 aliphatic heterocycles. The Hall–Kier alpha value is -1.20. The summed E-state index contributed by atoms with van der Waals surface area (Å²) in [6, 6.07) is 8.20. The topological polar surface area (TPSA) is 51.0 Å². The fourth-order valence-electron chi connectivity index (χ4n) is 2.15. The average Bonchev–Trinajstić information content (AvgIpc) is 2.90. The van der Waals surface area contributed by atoms with Crippen LogP contribution in [0.25, 0.3) is 11.4 Å². The van der Waals surface area contributed by atoms with E-state index < -0.39 is 0 Å². The molecule has 0 amide bonds. The summed E-state index contributed by atoms with van der Waals surface area (Å²) in [6.45, 7) is 4.24. The fourth-order valence-corrected chi connectivity index (χ4v) is 2.61. The van der Waals surface area contributed by atoms with E-state index in [2.05, 4.69) is 45.2 Å². The van der Waals surface area contributed by atoms with Crippen molar-refractivity contribution in [2.75, 3.05) is 7.05 Å². The van der Waals surface area contributed by atoms with Gasteiger partial charge in [0, 0.05) is 16.1 Å². The second-order valence-corrected chi connectivity index (χ2v) is 5.38. The minimum atomic E-state index is 0.193. The zero-order chi connectivity index (χ0) is 13.8. The highest BCUT2D eigenvalue weighted by Crippen LogP contribution is 2.27. The zero-order valence-corrected chi connectivity index (χ0v) is 12.9. The molecule has 1 N–H and O–H groups in total. The normalized spacial score (nSPS) is 14.3. The van der Waals surface area contributed by atoms with E-state index in [1.54, 1.807) is 0 Å². The van der Waals surface area contributed by atoms with E-state index in [4.69, 9.17) is 4.52 Å². The van der Waals surface area contributed by atoms with E-state index in [9.17, 15) is 0 Å². The summed E-state index contributed by atoms with van der Waals surface area (Å²) < 4.78 is 6.37. The predicted molar refractivity (Wildman–Crippen MR) is 79.0 cm³/mol. The van der Waals surface area contributed by atoms with Crippen LogP contribution >= 0.6 is 15.9 Å². The highest BCUT2D eigenvalue weighted by atomic mass is 79.9. The van der Waals surface area contributed by atoms with Gasteiger partial charge in [-0.3, -0.25) is 0 Å².